The lowest BCUT2D eigenvalue weighted by molar-refractivity contribution is -0.275. The number of halogens is 3. The first kappa shape index (κ1) is 12.5. The van der Waals surface area contributed by atoms with E-state index in [-0.39, 0.29) is 17.9 Å². The first-order valence-electron chi connectivity index (χ1n) is 4.19. The minimum absolute atomic E-state index is 0.0610. The Balaban J connectivity index is 3.22. The second-order valence-electron chi connectivity index (χ2n) is 2.88. The van der Waals surface area contributed by atoms with Crippen LogP contribution in [0.5, 0.6) is 5.75 Å². The number of aromatic amines is 1. The lowest BCUT2D eigenvalue weighted by Gasteiger charge is -2.12. The predicted octanol–water partition coefficient (Wildman–Crippen LogP) is 0.225. The van der Waals surface area contributed by atoms with Crippen molar-refractivity contribution in [3.05, 3.63) is 27.7 Å². The Bertz CT molecular complexity index is 428. The molecule has 5 nitrogen and oxygen atoms in total. The molecule has 1 heterocycles. The van der Waals surface area contributed by atoms with Gasteiger partial charge in [-0.15, -0.1) is 13.2 Å². The number of nitrogens with two attached hydrogens (primary N) is 1. The van der Waals surface area contributed by atoms with E-state index in [9.17, 15) is 18.0 Å². The number of H-pyrrole nitrogens is 1. The molecule has 0 saturated heterocycles. The summed E-state index contributed by atoms with van der Waals surface area (Å²) in [6, 6.07) is 0.889. The summed E-state index contributed by atoms with van der Waals surface area (Å²) < 4.78 is 39.3. The van der Waals surface area contributed by atoms with Crippen LogP contribution in [-0.2, 0) is 13.2 Å². The number of nitrogens with one attached hydrogen (secondary N) is 1. The molecule has 0 aliphatic rings. The molecule has 0 fully saturated rings. The summed E-state index contributed by atoms with van der Waals surface area (Å²) in [5.74, 6) is -0.966. The fourth-order valence-corrected chi connectivity index (χ4v) is 1.11. The van der Waals surface area contributed by atoms with Gasteiger partial charge in [0.2, 0.25) is 5.43 Å². The van der Waals surface area contributed by atoms with Crippen LogP contribution in [0.4, 0.5) is 13.2 Å². The van der Waals surface area contributed by atoms with E-state index in [0.717, 1.165) is 6.07 Å². The number of alkyl halides is 3. The number of rotatable bonds is 3. The molecular formula is C8H9F3N2O3. The molecular weight excluding hydrogens is 229 g/mol. The van der Waals surface area contributed by atoms with Crippen molar-refractivity contribution in [1.29, 1.82) is 0 Å². The highest BCUT2D eigenvalue weighted by Crippen LogP contribution is 2.22. The third-order valence-electron chi connectivity index (χ3n) is 1.71. The number of pyridine rings is 1. The molecule has 1 aromatic rings. The Kier molecular flexibility index (Phi) is 3.55. The minimum atomic E-state index is -4.98. The van der Waals surface area contributed by atoms with Crippen molar-refractivity contribution in [3.63, 3.8) is 0 Å². The van der Waals surface area contributed by atoms with Gasteiger partial charge in [-0.1, -0.05) is 0 Å². The van der Waals surface area contributed by atoms with Crippen molar-refractivity contribution in [2.75, 3.05) is 0 Å². The fourth-order valence-electron chi connectivity index (χ4n) is 1.11. The van der Waals surface area contributed by atoms with Gasteiger partial charge < -0.3 is 20.6 Å². The van der Waals surface area contributed by atoms with Crippen LogP contribution in [0.1, 0.15) is 11.4 Å². The number of hydrogen-bond donors (Lipinski definition) is 3. The predicted molar refractivity (Wildman–Crippen MR) is 47.6 cm³/mol. The molecule has 0 atom stereocenters. The van der Waals surface area contributed by atoms with Gasteiger partial charge in [0.05, 0.1) is 12.3 Å². The summed E-state index contributed by atoms with van der Waals surface area (Å²) >= 11 is 0. The highest BCUT2D eigenvalue weighted by Gasteiger charge is 2.33. The summed E-state index contributed by atoms with van der Waals surface area (Å²) in [4.78, 5) is 13.6. The third-order valence-corrected chi connectivity index (χ3v) is 1.71. The third kappa shape index (κ3) is 2.97. The fraction of sp³-hybridized carbons (Fsp3) is 0.375. The first-order chi connectivity index (χ1) is 7.37. The molecule has 0 bridgehead atoms. The van der Waals surface area contributed by atoms with Gasteiger partial charge >= 0.3 is 6.36 Å². The van der Waals surface area contributed by atoms with E-state index in [1.54, 1.807) is 0 Å². The Hall–Kier alpha value is -1.54. The van der Waals surface area contributed by atoms with Crippen LogP contribution >= 0.6 is 0 Å². The Morgan fingerprint density at radius 3 is 2.56 bits per heavy atom. The highest BCUT2D eigenvalue weighted by atomic mass is 19.4. The van der Waals surface area contributed by atoms with E-state index < -0.39 is 24.1 Å². The molecule has 90 valence electrons. The van der Waals surface area contributed by atoms with Crippen molar-refractivity contribution in [3.8, 4) is 5.75 Å². The number of aliphatic hydroxyl groups is 1. The zero-order valence-corrected chi connectivity index (χ0v) is 7.97. The molecule has 1 rings (SSSR count). The van der Waals surface area contributed by atoms with E-state index >= 15 is 0 Å². The number of aliphatic hydroxyl groups excluding tert-OH is 1. The van der Waals surface area contributed by atoms with Gasteiger partial charge in [0.15, 0.2) is 5.75 Å². The maximum atomic E-state index is 11.9. The Labute approximate surface area is 87.7 Å². The monoisotopic (exact) mass is 238 g/mol. The molecule has 16 heavy (non-hydrogen) atoms. The average Bonchev–Trinajstić information content (AvgIpc) is 2.19. The SMILES string of the molecule is NCc1cc(=O)c(OC(F)(F)F)c(CO)[nH]1. The molecule has 4 N–H and O–H groups in total. The summed E-state index contributed by atoms with van der Waals surface area (Å²) in [6.45, 7) is -0.844. The maximum Gasteiger partial charge on any atom is 0.573 e. The molecule has 8 heteroatoms. The second kappa shape index (κ2) is 4.54. The highest BCUT2D eigenvalue weighted by molar-refractivity contribution is 5.29. The van der Waals surface area contributed by atoms with Gasteiger partial charge in [0, 0.05) is 18.3 Å². The molecule has 0 aromatic carbocycles. The first-order valence-corrected chi connectivity index (χ1v) is 4.19. The van der Waals surface area contributed by atoms with Gasteiger partial charge in [0.1, 0.15) is 0 Å². The topological polar surface area (TPSA) is 88.3 Å². The van der Waals surface area contributed by atoms with Crippen molar-refractivity contribution in [2.24, 2.45) is 5.73 Å². The van der Waals surface area contributed by atoms with Crippen LogP contribution in [-0.4, -0.2) is 16.5 Å². The zero-order chi connectivity index (χ0) is 12.3. The minimum Gasteiger partial charge on any atom is -0.400 e. The summed E-state index contributed by atoms with van der Waals surface area (Å²) in [5.41, 5.74) is 4.07. The Morgan fingerprint density at radius 2 is 2.12 bits per heavy atom. The molecule has 1 aromatic heterocycles. The summed E-state index contributed by atoms with van der Waals surface area (Å²) in [7, 11) is 0. The average molecular weight is 238 g/mol. The van der Waals surface area contributed by atoms with Crippen molar-refractivity contribution < 1.29 is 23.0 Å². The zero-order valence-electron chi connectivity index (χ0n) is 7.97. The van der Waals surface area contributed by atoms with E-state index in [1.165, 1.54) is 0 Å². The molecule has 0 unspecified atom stereocenters. The molecule has 0 radical (unpaired) electrons. The molecule has 0 aliphatic heterocycles. The van der Waals surface area contributed by atoms with Gasteiger partial charge in [-0.25, -0.2) is 0 Å². The molecule has 0 aliphatic carbocycles. The summed E-state index contributed by atoms with van der Waals surface area (Å²) in [6.07, 6.45) is -4.98. The largest absolute Gasteiger partial charge is 0.573 e. The van der Waals surface area contributed by atoms with E-state index in [2.05, 4.69) is 9.72 Å². The van der Waals surface area contributed by atoms with E-state index in [1.807, 2.05) is 0 Å². The van der Waals surface area contributed by atoms with Gasteiger partial charge in [-0.3, -0.25) is 4.79 Å². The number of ether oxygens (including phenoxy) is 1. The number of hydrogen-bond acceptors (Lipinski definition) is 4. The Morgan fingerprint density at radius 1 is 1.50 bits per heavy atom. The van der Waals surface area contributed by atoms with Crippen LogP contribution in [0.15, 0.2) is 10.9 Å². The van der Waals surface area contributed by atoms with Crippen molar-refractivity contribution in [2.45, 2.75) is 19.5 Å². The van der Waals surface area contributed by atoms with Crippen LogP contribution in [0.2, 0.25) is 0 Å². The standard InChI is InChI=1S/C8H9F3N2O3/c9-8(10,11)16-7-5(3-14)13-4(2-12)1-6(7)15/h1,14H,2-3,12H2,(H,13,15). The van der Waals surface area contributed by atoms with Crippen LogP contribution in [0.25, 0.3) is 0 Å². The van der Waals surface area contributed by atoms with Crippen molar-refractivity contribution >= 4 is 0 Å². The molecule has 0 amide bonds. The van der Waals surface area contributed by atoms with Crippen LogP contribution < -0.4 is 15.9 Å². The van der Waals surface area contributed by atoms with E-state index in [4.69, 9.17) is 10.8 Å². The molecule has 0 spiro atoms. The van der Waals surface area contributed by atoms with Gasteiger partial charge in [0.25, 0.3) is 0 Å². The summed E-state index contributed by atoms with van der Waals surface area (Å²) in [5, 5.41) is 8.80. The number of aromatic nitrogens is 1. The lowest BCUT2D eigenvalue weighted by atomic mass is 10.2. The van der Waals surface area contributed by atoms with Gasteiger partial charge in [-0.2, -0.15) is 0 Å². The lowest BCUT2D eigenvalue weighted by Crippen LogP contribution is -2.24. The van der Waals surface area contributed by atoms with Crippen LogP contribution in [0, 0.1) is 0 Å². The maximum absolute atomic E-state index is 11.9. The molecule has 0 saturated carbocycles. The van der Waals surface area contributed by atoms with Crippen molar-refractivity contribution in [1.82, 2.24) is 4.98 Å². The normalized spacial score (nSPS) is 11.6. The second-order valence-corrected chi connectivity index (χ2v) is 2.88. The van der Waals surface area contributed by atoms with Crippen LogP contribution in [0.3, 0.4) is 0 Å². The van der Waals surface area contributed by atoms with Gasteiger partial charge in [-0.05, 0) is 0 Å². The quantitative estimate of drug-likeness (QED) is 0.703. The van der Waals surface area contributed by atoms with E-state index in [0.29, 0.717) is 0 Å². The smallest absolute Gasteiger partial charge is 0.400 e.